The molecule has 0 aromatic carbocycles. The fourth-order valence-electron chi connectivity index (χ4n) is 2.11. The van der Waals surface area contributed by atoms with Crippen molar-refractivity contribution in [3.63, 3.8) is 0 Å². The lowest BCUT2D eigenvalue weighted by atomic mass is 9.91. The van der Waals surface area contributed by atoms with Gasteiger partial charge >= 0.3 is 0 Å². The van der Waals surface area contributed by atoms with E-state index in [4.69, 9.17) is 0 Å². The molecule has 0 bridgehead atoms. The zero-order valence-electron chi connectivity index (χ0n) is 10.9. The van der Waals surface area contributed by atoms with Crippen LogP contribution in [-0.4, -0.2) is 16.8 Å². The monoisotopic (exact) mass is 231 g/mol. The molecule has 0 N–H and O–H groups in total. The van der Waals surface area contributed by atoms with Crippen molar-refractivity contribution < 1.29 is 4.79 Å². The highest BCUT2D eigenvalue weighted by atomic mass is 16.2. The van der Waals surface area contributed by atoms with E-state index >= 15 is 0 Å². The Labute approximate surface area is 104 Å². The van der Waals surface area contributed by atoms with E-state index in [1.165, 1.54) is 5.57 Å². The van der Waals surface area contributed by atoms with Crippen molar-refractivity contribution in [1.29, 1.82) is 0 Å². The second-order valence-electron chi connectivity index (χ2n) is 4.01. The predicted octanol–water partition coefficient (Wildman–Crippen LogP) is 3.59. The largest absolute Gasteiger partial charge is 0.305 e. The van der Waals surface area contributed by atoms with Crippen LogP contribution < -0.4 is 0 Å². The number of amides is 1. The molecular formula is C15H21NO. The molecule has 1 atom stereocenters. The number of likely N-dealkylation sites (tertiary alicyclic amines) is 1. The first-order chi connectivity index (χ1) is 8.19. The number of allylic oxidation sites excluding steroid dienone is 4. The van der Waals surface area contributed by atoms with Gasteiger partial charge in [-0.1, -0.05) is 37.8 Å². The molecule has 1 rings (SSSR count). The Hall–Kier alpha value is -1.57. The topological polar surface area (TPSA) is 20.3 Å². The number of carbonyl (C=O) groups excluding carboxylic acids is 1. The van der Waals surface area contributed by atoms with Crippen molar-refractivity contribution in [3.8, 4) is 0 Å². The Kier molecular flexibility index (Phi) is 4.95. The van der Waals surface area contributed by atoms with E-state index in [-0.39, 0.29) is 11.9 Å². The zero-order chi connectivity index (χ0) is 12.8. The molecule has 0 aromatic heterocycles. The van der Waals surface area contributed by atoms with E-state index in [1.54, 1.807) is 6.08 Å². The van der Waals surface area contributed by atoms with Crippen LogP contribution in [-0.2, 0) is 4.79 Å². The van der Waals surface area contributed by atoms with E-state index < -0.39 is 0 Å². The SMILES string of the molecule is C=C/C(=C\C)N1C(=O)CC1C(/C=C\C)=C/CC. The van der Waals surface area contributed by atoms with Crippen LogP contribution in [0.4, 0.5) is 0 Å². The first-order valence-corrected chi connectivity index (χ1v) is 6.13. The highest BCUT2D eigenvalue weighted by Crippen LogP contribution is 2.31. The highest BCUT2D eigenvalue weighted by molar-refractivity contribution is 5.87. The summed E-state index contributed by atoms with van der Waals surface area (Å²) in [6, 6.07) is 0.183. The Bertz CT molecular complexity index is 388. The molecule has 1 fully saturated rings. The van der Waals surface area contributed by atoms with Crippen LogP contribution in [0.25, 0.3) is 0 Å². The number of rotatable bonds is 5. The van der Waals surface area contributed by atoms with Gasteiger partial charge in [-0.25, -0.2) is 0 Å². The summed E-state index contributed by atoms with van der Waals surface area (Å²) in [6.07, 6.45) is 11.5. The van der Waals surface area contributed by atoms with E-state index in [2.05, 4.69) is 25.7 Å². The van der Waals surface area contributed by atoms with Crippen molar-refractivity contribution in [2.75, 3.05) is 0 Å². The molecule has 1 amide bonds. The van der Waals surface area contributed by atoms with Crippen LogP contribution in [0.2, 0.25) is 0 Å². The maximum absolute atomic E-state index is 11.7. The summed E-state index contributed by atoms with van der Waals surface area (Å²) in [5.41, 5.74) is 2.12. The van der Waals surface area contributed by atoms with Crippen molar-refractivity contribution in [1.82, 2.24) is 4.90 Å². The van der Waals surface area contributed by atoms with Gasteiger partial charge in [0.25, 0.3) is 0 Å². The molecule has 0 aliphatic carbocycles. The Morgan fingerprint density at radius 2 is 2.24 bits per heavy atom. The minimum Gasteiger partial charge on any atom is -0.305 e. The van der Waals surface area contributed by atoms with E-state index in [1.807, 2.05) is 30.9 Å². The summed E-state index contributed by atoms with van der Waals surface area (Å²) in [6.45, 7) is 9.79. The number of hydrogen-bond donors (Lipinski definition) is 0. The maximum atomic E-state index is 11.7. The van der Waals surface area contributed by atoms with Crippen LogP contribution in [0.5, 0.6) is 0 Å². The molecule has 1 aliphatic heterocycles. The van der Waals surface area contributed by atoms with Gasteiger partial charge in [-0.15, -0.1) is 0 Å². The quantitative estimate of drug-likeness (QED) is 0.523. The van der Waals surface area contributed by atoms with Gasteiger partial charge in [0.1, 0.15) is 0 Å². The van der Waals surface area contributed by atoms with Crippen molar-refractivity contribution in [3.05, 3.63) is 48.2 Å². The first-order valence-electron chi connectivity index (χ1n) is 6.13. The van der Waals surface area contributed by atoms with Crippen molar-refractivity contribution in [2.24, 2.45) is 0 Å². The van der Waals surface area contributed by atoms with Gasteiger partial charge in [0, 0.05) is 5.70 Å². The number of carbonyl (C=O) groups is 1. The third-order valence-corrected chi connectivity index (χ3v) is 2.92. The lowest BCUT2D eigenvalue weighted by Gasteiger charge is -2.42. The average Bonchev–Trinajstić information content (AvgIpc) is 2.32. The summed E-state index contributed by atoms with van der Waals surface area (Å²) < 4.78 is 0. The molecule has 1 aliphatic rings. The molecule has 1 unspecified atom stereocenters. The van der Waals surface area contributed by atoms with Gasteiger partial charge in [0.05, 0.1) is 12.5 Å². The van der Waals surface area contributed by atoms with Crippen LogP contribution in [0.3, 0.4) is 0 Å². The Morgan fingerprint density at radius 1 is 1.53 bits per heavy atom. The molecule has 0 saturated carbocycles. The summed E-state index contributed by atoms with van der Waals surface area (Å²) >= 11 is 0. The van der Waals surface area contributed by atoms with Gasteiger partial charge in [0.15, 0.2) is 0 Å². The molecule has 0 spiro atoms. The smallest absolute Gasteiger partial charge is 0.230 e. The van der Waals surface area contributed by atoms with Gasteiger partial charge in [-0.2, -0.15) is 0 Å². The Morgan fingerprint density at radius 3 is 2.65 bits per heavy atom. The molecule has 1 heterocycles. The lowest BCUT2D eigenvalue weighted by Crippen LogP contribution is -2.52. The predicted molar refractivity (Wildman–Crippen MR) is 72.4 cm³/mol. The minimum absolute atomic E-state index is 0.175. The molecule has 17 heavy (non-hydrogen) atoms. The molecule has 0 radical (unpaired) electrons. The summed E-state index contributed by atoms with van der Waals surface area (Å²) in [7, 11) is 0. The minimum atomic E-state index is 0.175. The van der Waals surface area contributed by atoms with Gasteiger partial charge in [-0.05, 0) is 31.9 Å². The highest BCUT2D eigenvalue weighted by Gasteiger charge is 2.38. The van der Waals surface area contributed by atoms with Crippen LogP contribution >= 0.6 is 0 Å². The standard InChI is InChI=1S/C15H21NO/c1-5-9-12(10-6-2)14-11-15(17)16(14)13(7-3)8-4/h5,7-10,14H,3,6,11H2,1-2,4H3/b9-5-,12-10+,13-8+. The molecule has 2 nitrogen and oxygen atoms in total. The lowest BCUT2D eigenvalue weighted by molar-refractivity contribution is -0.140. The van der Waals surface area contributed by atoms with E-state index in [9.17, 15) is 4.79 Å². The zero-order valence-corrected chi connectivity index (χ0v) is 10.9. The maximum Gasteiger partial charge on any atom is 0.230 e. The second-order valence-corrected chi connectivity index (χ2v) is 4.01. The summed E-state index contributed by atoms with van der Waals surface area (Å²) in [4.78, 5) is 13.5. The van der Waals surface area contributed by atoms with Gasteiger partial charge in [0.2, 0.25) is 5.91 Å². The third-order valence-electron chi connectivity index (χ3n) is 2.92. The first kappa shape index (κ1) is 13.5. The second kappa shape index (κ2) is 6.24. The van der Waals surface area contributed by atoms with Crippen molar-refractivity contribution >= 4 is 5.91 Å². The molecule has 92 valence electrons. The summed E-state index contributed by atoms with van der Waals surface area (Å²) in [5, 5.41) is 0. The number of nitrogens with zero attached hydrogens (tertiary/aromatic N) is 1. The average molecular weight is 231 g/mol. The fraction of sp³-hybridized carbons (Fsp3) is 0.400. The van der Waals surface area contributed by atoms with Gasteiger partial charge < -0.3 is 4.90 Å². The van der Waals surface area contributed by atoms with Crippen LogP contribution in [0.15, 0.2) is 48.2 Å². The van der Waals surface area contributed by atoms with E-state index in [0.717, 1.165) is 12.1 Å². The number of hydrogen-bond acceptors (Lipinski definition) is 1. The van der Waals surface area contributed by atoms with E-state index in [0.29, 0.717) is 6.42 Å². The molecule has 0 aromatic rings. The molecule has 1 saturated heterocycles. The van der Waals surface area contributed by atoms with Gasteiger partial charge in [-0.3, -0.25) is 4.79 Å². The molecule has 2 heteroatoms. The molecular weight excluding hydrogens is 210 g/mol. The van der Waals surface area contributed by atoms with Crippen LogP contribution in [0.1, 0.15) is 33.6 Å². The van der Waals surface area contributed by atoms with Crippen molar-refractivity contribution in [2.45, 2.75) is 39.7 Å². The third kappa shape index (κ3) is 2.76. The van der Waals surface area contributed by atoms with Crippen LogP contribution in [0, 0.1) is 0 Å². The fourth-order valence-corrected chi connectivity index (χ4v) is 2.11. The number of β-lactam (4-membered cyclic amide) rings is 1. The normalized spacial score (nSPS) is 21.9. The Balaban J connectivity index is 2.95. The summed E-state index contributed by atoms with van der Waals surface area (Å²) in [5.74, 6) is 0.175.